The number of ether oxygens (including phenoxy) is 3. The lowest BCUT2D eigenvalue weighted by Crippen LogP contribution is -2.19. The molecule has 0 radical (unpaired) electrons. The van der Waals surface area contributed by atoms with Gasteiger partial charge in [-0.3, -0.25) is 0 Å². The predicted molar refractivity (Wildman–Crippen MR) is 78.2 cm³/mol. The third-order valence-electron chi connectivity index (χ3n) is 2.28. The summed E-state index contributed by atoms with van der Waals surface area (Å²) in [6.45, 7) is 5.91. The molecule has 0 spiro atoms. The highest BCUT2D eigenvalue weighted by Crippen LogP contribution is 2.09. The smallest absolute Gasteiger partial charge is 0.347 e. The van der Waals surface area contributed by atoms with Gasteiger partial charge in [0.25, 0.3) is 0 Å². The molecular weight excluding hydrogens is 290 g/mol. The first-order valence-corrected chi connectivity index (χ1v) is 6.88. The van der Waals surface area contributed by atoms with Gasteiger partial charge in [-0.25, -0.2) is 19.6 Å². The van der Waals surface area contributed by atoms with Crippen LogP contribution in [0.4, 0.5) is 5.82 Å². The Labute approximate surface area is 128 Å². The number of nitrogens with one attached hydrogen (secondary N) is 1. The second kappa shape index (κ2) is 9.32. The van der Waals surface area contributed by atoms with E-state index in [2.05, 4.69) is 15.3 Å². The SMILES string of the molecule is CCOC(=O)C(=CNc1cnc(OCC)cn1)C(=O)OCC. The van der Waals surface area contributed by atoms with E-state index in [-0.39, 0.29) is 18.8 Å². The molecule has 0 saturated carbocycles. The van der Waals surface area contributed by atoms with E-state index in [9.17, 15) is 9.59 Å². The lowest BCUT2D eigenvalue weighted by atomic mass is 10.3. The molecule has 0 amide bonds. The average molecular weight is 309 g/mol. The molecule has 120 valence electrons. The quantitative estimate of drug-likeness (QED) is 0.332. The fraction of sp³-hybridized carbons (Fsp3) is 0.429. The predicted octanol–water partition coefficient (Wildman–Crippen LogP) is 1.30. The van der Waals surface area contributed by atoms with Crippen LogP contribution in [0.1, 0.15) is 20.8 Å². The Hall–Kier alpha value is -2.64. The summed E-state index contributed by atoms with van der Waals surface area (Å²) in [6, 6.07) is 0. The van der Waals surface area contributed by atoms with Crippen LogP contribution in [0.25, 0.3) is 0 Å². The summed E-state index contributed by atoms with van der Waals surface area (Å²) in [5.41, 5.74) is -0.251. The van der Waals surface area contributed by atoms with Crippen LogP contribution in [0.5, 0.6) is 5.88 Å². The maximum atomic E-state index is 11.7. The molecule has 0 saturated heterocycles. The van der Waals surface area contributed by atoms with Gasteiger partial charge < -0.3 is 19.5 Å². The van der Waals surface area contributed by atoms with Crippen molar-refractivity contribution in [1.82, 2.24) is 9.97 Å². The molecule has 1 heterocycles. The van der Waals surface area contributed by atoms with Gasteiger partial charge in [0.1, 0.15) is 5.82 Å². The van der Waals surface area contributed by atoms with Crippen molar-refractivity contribution in [1.29, 1.82) is 0 Å². The first-order chi connectivity index (χ1) is 10.6. The van der Waals surface area contributed by atoms with Gasteiger partial charge in [0.05, 0.1) is 32.2 Å². The van der Waals surface area contributed by atoms with Gasteiger partial charge in [-0.2, -0.15) is 0 Å². The molecule has 0 bridgehead atoms. The Morgan fingerprint density at radius 1 is 1.05 bits per heavy atom. The summed E-state index contributed by atoms with van der Waals surface area (Å²) in [7, 11) is 0. The summed E-state index contributed by atoms with van der Waals surface area (Å²) in [5.74, 6) is -0.817. The van der Waals surface area contributed by atoms with Crippen LogP contribution in [0.15, 0.2) is 24.2 Å². The number of carbonyl (C=O) groups excluding carboxylic acids is 2. The van der Waals surface area contributed by atoms with Crippen LogP contribution in [-0.4, -0.2) is 41.7 Å². The molecule has 8 heteroatoms. The molecule has 0 aliphatic carbocycles. The zero-order chi connectivity index (χ0) is 16.4. The number of anilines is 1. The minimum atomic E-state index is -0.771. The van der Waals surface area contributed by atoms with Crippen molar-refractivity contribution >= 4 is 17.8 Å². The Kier molecular flexibility index (Phi) is 7.38. The van der Waals surface area contributed by atoms with Crippen LogP contribution < -0.4 is 10.1 Å². The minimum absolute atomic E-state index is 0.151. The van der Waals surface area contributed by atoms with E-state index in [4.69, 9.17) is 14.2 Å². The molecule has 8 nitrogen and oxygen atoms in total. The molecule has 0 unspecified atom stereocenters. The Morgan fingerprint density at radius 3 is 2.14 bits per heavy atom. The number of aromatic nitrogens is 2. The van der Waals surface area contributed by atoms with Crippen molar-refractivity contribution in [2.75, 3.05) is 25.1 Å². The lowest BCUT2D eigenvalue weighted by Gasteiger charge is -2.07. The van der Waals surface area contributed by atoms with Gasteiger partial charge in [-0.05, 0) is 20.8 Å². The van der Waals surface area contributed by atoms with Crippen molar-refractivity contribution in [3.63, 3.8) is 0 Å². The summed E-state index contributed by atoms with van der Waals surface area (Å²) in [5, 5.41) is 2.70. The van der Waals surface area contributed by atoms with Crippen molar-refractivity contribution in [3.8, 4) is 5.88 Å². The van der Waals surface area contributed by atoms with Crippen molar-refractivity contribution in [3.05, 3.63) is 24.2 Å². The largest absolute Gasteiger partial charge is 0.477 e. The average Bonchev–Trinajstić information content (AvgIpc) is 2.50. The van der Waals surface area contributed by atoms with E-state index in [0.717, 1.165) is 0 Å². The van der Waals surface area contributed by atoms with E-state index in [1.165, 1.54) is 18.6 Å². The van der Waals surface area contributed by atoms with Gasteiger partial charge in [-0.1, -0.05) is 0 Å². The lowest BCUT2D eigenvalue weighted by molar-refractivity contribution is -0.146. The van der Waals surface area contributed by atoms with Crippen LogP contribution in [0, 0.1) is 0 Å². The van der Waals surface area contributed by atoms with E-state index in [1.54, 1.807) is 13.8 Å². The molecule has 0 aromatic carbocycles. The molecule has 1 aromatic rings. The molecule has 1 aromatic heterocycles. The number of hydrogen-bond donors (Lipinski definition) is 1. The van der Waals surface area contributed by atoms with Gasteiger partial charge in [0.15, 0.2) is 5.57 Å². The van der Waals surface area contributed by atoms with Gasteiger partial charge in [0, 0.05) is 6.20 Å². The van der Waals surface area contributed by atoms with Crippen molar-refractivity contribution < 1.29 is 23.8 Å². The van der Waals surface area contributed by atoms with E-state index >= 15 is 0 Å². The molecule has 0 fully saturated rings. The fourth-order valence-electron chi connectivity index (χ4n) is 1.38. The summed E-state index contributed by atoms with van der Waals surface area (Å²) < 4.78 is 14.8. The molecule has 0 aliphatic rings. The zero-order valence-corrected chi connectivity index (χ0v) is 12.8. The molecule has 0 aliphatic heterocycles. The van der Waals surface area contributed by atoms with Crippen LogP contribution in [-0.2, 0) is 19.1 Å². The first kappa shape index (κ1) is 17.4. The normalized spacial score (nSPS) is 9.59. The molecule has 22 heavy (non-hydrogen) atoms. The second-order valence-corrected chi connectivity index (χ2v) is 3.82. The van der Waals surface area contributed by atoms with Crippen LogP contribution in [0.2, 0.25) is 0 Å². The van der Waals surface area contributed by atoms with E-state index in [1.807, 2.05) is 6.92 Å². The minimum Gasteiger partial charge on any atom is -0.477 e. The number of carbonyl (C=O) groups is 2. The number of nitrogens with zero attached hydrogens (tertiary/aromatic N) is 2. The number of rotatable bonds is 8. The zero-order valence-electron chi connectivity index (χ0n) is 12.8. The summed E-state index contributed by atoms with van der Waals surface area (Å²) in [4.78, 5) is 31.5. The van der Waals surface area contributed by atoms with Crippen LogP contribution in [0.3, 0.4) is 0 Å². The van der Waals surface area contributed by atoms with Crippen molar-refractivity contribution in [2.24, 2.45) is 0 Å². The van der Waals surface area contributed by atoms with Gasteiger partial charge >= 0.3 is 11.9 Å². The topological polar surface area (TPSA) is 99.6 Å². The summed E-state index contributed by atoms with van der Waals surface area (Å²) >= 11 is 0. The third kappa shape index (κ3) is 5.39. The van der Waals surface area contributed by atoms with Gasteiger partial charge in [-0.15, -0.1) is 0 Å². The van der Waals surface area contributed by atoms with Crippen molar-refractivity contribution in [2.45, 2.75) is 20.8 Å². The summed E-state index contributed by atoms with van der Waals surface area (Å²) in [6.07, 6.45) is 4.02. The monoisotopic (exact) mass is 309 g/mol. The molecule has 1 rings (SSSR count). The maximum absolute atomic E-state index is 11.7. The standard InChI is InChI=1S/C14H19N3O5/c1-4-20-12-9-16-11(8-17-12)15-7-10(13(18)21-5-2)14(19)22-6-3/h7-9H,4-6H2,1-3H3,(H,15,16). The Morgan fingerprint density at radius 2 is 1.68 bits per heavy atom. The fourth-order valence-corrected chi connectivity index (χ4v) is 1.38. The third-order valence-corrected chi connectivity index (χ3v) is 2.28. The Bertz CT molecular complexity index is 508. The molecule has 1 N–H and O–H groups in total. The second-order valence-electron chi connectivity index (χ2n) is 3.82. The highest BCUT2D eigenvalue weighted by atomic mass is 16.6. The highest BCUT2D eigenvalue weighted by Gasteiger charge is 2.20. The van der Waals surface area contributed by atoms with E-state index < -0.39 is 11.9 Å². The maximum Gasteiger partial charge on any atom is 0.347 e. The molecule has 0 atom stereocenters. The number of esters is 2. The van der Waals surface area contributed by atoms with Gasteiger partial charge in [0.2, 0.25) is 5.88 Å². The highest BCUT2D eigenvalue weighted by molar-refractivity contribution is 6.14. The van der Waals surface area contributed by atoms with Crippen LogP contribution >= 0.6 is 0 Å². The van der Waals surface area contributed by atoms with E-state index in [0.29, 0.717) is 18.3 Å². The Balaban J connectivity index is 2.82. The first-order valence-electron chi connectivity index (χ1n) is 6.88. The molecular formula is C14H19N3O5. The number of hydrogen-bond acceptors (Lipinski definition) is 8.